The molecular weight excluding hydrogens is 317 g/mol. The molecule has 5 heteroatoms. The average molecular weight is 342 g/mol. The standard InChI is InChI=1S/C20H24FN3O/c1-22(2)20(25)19(16-6-4-3-5-7-16)24-14-12-23(13-15-24)18-10-8-17(21)9-11-18/h3-11,19H,12-15H2,1-2H3/p+1/t19-/m1/s1. The zero-order valence-corrected chi connectivity index (χ0v) is 14.8. The summed E-state index contributed by atoms with van der Waals surface area (Å²) in [6.07, 6.45) is 0. The van der Waals surface area contributed by atoms with Crippen molar-refractivity contribution in [3.8, 4) is 0 Å². The van der Waals surface area contributed by atoms with E-state index in [-0.39, 0.29) is 17.8 Å². The van der Waals surface area contributed by atoms with Crippen LogP contribution in [0, 0.1) is 5.82 Å². The van der Waals surface area contributed by atoms with Crippen LogP contribution in [0.3, 0.4) is 0 Å². The van der Waals surface area contributed by atoms with Crippen molar-refractivity contribution in [3.05, 3.63) is 66.0 Å². The molecule has 0 spiro atoms. The van der Waals surface area contributed by atoms with Gasteiger partial charge in [-0.15, -0.1) is 0 Å². The second-order valence-electron chi connectivity index (χ2n) is 6.70. The molecule has 3 rings (SSSR count). The highest BCUT2D eigenvalue weighted by Crippen LogP contribution is 2.16. The summed E-state index contributed by atoms with van der Waals surface area (Å²) in [7, 11) is 3.62. The Bertz CT molecular complexity index is 695. The van der Waals surface area contributed by atoms with Gasteiger partial charge in [0.15, 0.2) is 6.04 Å². The highest BCUT2D eigenvalue weighted by Gasteiger charge is 2.35. The van der Waals surface area contributed by atoms with Crippen LogP contribution in [0.15, 0.2) is 54.6 Å². The van der Waals surface area contributed by atoms with E-state index >= 15 is 0 Å². The number of nitrogens with zero attached hydrogens (tertiary/aromatic N) is 2. The Hall–Kier alpha value is -2.40. The van der Waals surface area contributed by atoms with Gasteiger partial charge in [0.1, 0.15) is 5.82 Å². The number of benzene rings is 2. The molecule has 1 aliphatic heterocycles. The summed E-state index contributed by atoms with van der Waals surface area (Å²) in [6, 6.07) is 16.5. The van der Waals surface area contributed by atoms with Crippen LogP contribution >= 0.6 is 0 Å². The van der Waals surface area contributed by atoms with Crippen LogP contribution in [0.25, 0.3) is 0 Å². The fourth-order valence-corrected chi connectivity index (χ4v) is 3.45. The molecule has 0 bridgehead atoms. The molecule has 2 aromatic rings. The molecular formula is C20H25FN3O+. The zero-order chi connectivity index (χ0) is 17.8. The first-order chi connectivity index (χ1) is 12.1. The quantitative estimate of drug-likeness (QED) is 0.909. The van der Waals surface area contributed by atoms with E-state index in [2.05, 4.69) is 4.90 Å². The highest BCUT2D eigenvalue weighted by atomic mass is 19.1. The maximum atomic E-state index is 13.1. The lowest BCUT2D eigenvalue weighted by Crippen LogP contribution is -3.16. The van der Waals surface area contributed by atoms with Crippen molar-refractivity contribution in [2.45, 2.75) is 6.04 Å². The Balaban J connectivity index is 1.74. The Morgan fingerprint density at radius 2 is 1.64 bits per heavy atom. The third kappa shape index (κ3) is 3.99. The van der Waals surface area contributed by atoms with Gasteiger partial charge in [0.2, 0.25) is 0 Å². The summed E-state index contributed by atoms with van der Waals surface area (Å²) < 4.78 is 13.1. The largest absolute Gasteiger partial charge is 0.360 e. The predicted octanol–water partition coefficient (Wildman–Crippen LogP) is 1.36. The first kappa shape index (κ1) is 17.4. The Morgan fingerprint density at radius 3 is 2.20 bits per heavy atom. The first-order valence-corrected chi connectivity index (χ1v) is 8.67. The lowest BCUT2D eigenvalue weighted by atomic mass is 10.0. The summed E-state index contributed by atoms with van der Waals surface area (Å²) in [6.45, 7) is 3.45. The van der Waals surface area contributed by atoms with Crippen molar-refractivity contribution < 1.29 is 14.1 Å². The summed E-state index contributed by atoms with van der Waals surface area (Å²) in [5, 5.41) is 0. The van der Waals surface area contributed by atoms with Crippen LogP contribution in [0.4, 0.5) is 10.1 Å². The van der Waals surface area contributed by atoms with Gasteiger partial charge < -0.3 is 14.7 Å². The molecule has 1 N–H and O–H groups in total. The molecule has 4 nitrogen and oxygen atoms in total. The van der Waals surface area contributed by atoms with Gasteiger partial charge in [0, 0.05) is 25.3 Å². The Morgan fingerprint density at radius 1 is 1.04 bits per heavy atom. The van der Waals surface area contributed by atoms with Crippen molar-refractivity contribution in [1.29, 1.82) is 0 Å². The predicted molar refractivity (Wildman–Crippen MR) is 97.2 cm³/mol. The van der Waals surface area contributed by atoms with E-state index in [1.165, 1.54) is 17.0 Å². The smallest absolute Gasteiger partial charge is 0.285 e. The molecule has 2 aromatic carbocycles. The van der Waals surface area contributed by atoms with Gasteiger partial charge in [0.05, 0.1) is 26.2 Å². The summed E-state index contributed by atoms with van der Waals surface area (Å²) in [5.74, 6) is -0.0786. The van der Waals surface area contributed by atoms with E-state index in [1.54, 1.807) is 4.90 Å². The minimum Gasteiger partial charge on any atom is -0.360 e. The molecule has 1 aliphatic rings. The van der Waals surface area contributed by atoms with E-state index in [9.17, 15) is 9.18 Å². The van der Waals surface area contributed by atoms with E-state index in [1.807, 2.05) is 56.6 Å². The van der Waals surface area contributed by atoms with Crippen LogP contribution in [-0.4, -0.2) is 51.1 Å². The van der Waals surface area contributed by atoms with Crippen molar-refractivity contribution in [1.82, 2.24) is 4.90 Å². The fourth-order valence-electron chi connectivity index (χ4n) is 3.45. The summed E-state index contributed by atoms with van der Waals surface area (Å²) in [4.78, 5) is 18.0. The number of carbonyl (C=O) groups is 1. The van der Waals surface area contributed by atoms with Crippen molar-refractivity contribution in [2.24, 2.45) is 0 Å². The lowest BCUT2D eigenvalue weighted by molar-refractivity contribution is -0.922. The molecule has 1 fully saturated rings. The zero-order valence-electron chi connectivity index (χ0n) is 14.8. The number of anilines is 1. The molecule has 0 aromatic heterocycles. The van der Waals surface area contributed by atoms with Crippen LogP contribution < -0.4 is 9.80 Å². The third-order valence-corrected chi connectivity index (χ3v) is 4.83. The number of carbonyl (C=O) groups excluding carboxylic acids is 1. The minimum atomic E-state index is -0.214. The maximum absolute atomic E-state index is 13.1. The lowest BCUT2D eigenvalue weighted by Gasteiger charge is -2.37. The second kappa shape index (κ2) is 7.66. The van der Waals surface area contributed by atoms with E-state index in [4.69, 9.17) is 0 Å². The number of quaternary nitrogens is 1. The van der Waals surface area contributed by atoms with Crippen molar-refractivity contribution in [3.63, 3.8) is 0 Å². The van der Waals surface area contributed by atoms with E-state index in [0.29, 0.717) is 0 Å². The van der Waals surface area contributed by atoms with E-state index < -0.39 is 0 Å². The average Bonchev–Trinajstić information content (AvgIpc) is 2.64. The van der Waals surface area contributed by atoms with Gasteiger partial charge >= 0.3 is 0 Å². The van der Waals surface area contributed by atoms with Crippen LogP contribution in [0.5, 0.6) is 0 Å². The summed E-state index contributed by atoms with van der Waals surface area (Å²) in [5.41, 5.74) is 2.10. The SMILES string of the molecule is CN(C)C(=O)[C@@H](c1ccccc1)[NH+]1CCN(c2ccc(F)cc2)CC1. The van der Waals surface area contributed by atoms with Gasteiger partial charge in [-0.2, -0.15) is 0 Å². The molecule has 0 radical (unpaired) electrons. The van der Waals surface area contributed by atoms with Gasteiger partial charge in [-0.25, -0.2) is 4.39 Å². The molecule has 0 saturated carbocycles. The maximum Gasteiger partial charge on any atom is 0.285 e. The third-order valence-electron chi connectivity index (χ3n) is 4.83. The number of hydrogen-bond acceptors (Lipinski definition) is 2. The fraction of sp³-hybridized carbons (Fsp3) is 0.350. The number of nitrogens with one attached hydrogen (secondary N) is 1. The number of piperazine rings is 1. The molecule has 132 valence electrons. The number of likely N-dealkylation sites (N-methyl/N-ethyl adjacent to an activating group) is 1. The first-order valence-electron chi connectivity index (χ1n) is 8.67. The van der Waals surface area contributed by atoms with Crippen molar-refractivity contribution in [2.75, 3.05) is 45.2 Å². The highest BCUT2D eigenvalue weighted by molar-refractivity contribution is 5.81. The molecule has 0 aliphatic carbocycles. The topological polar surface area (TPSA) is 28.0 Å². The van der Waals surface area contributed by atoms with E-state index in [0.717, 1.165) is 37.4 Å². The number of amides is 1. The molecule has 0 unspecified atom stereocenters. The number of rotatable bonds is 4. The van der Waals surface area contributed by atoms with Crippen LogP contribution in [0.2, 0.25) is 0 Å². The Labute approximate surface area is 148 Å². The molecule has 1 heterocycles. The van der Waals surface area contributed by atoms with Gasteiger partial charge in [-0.1, -0.05) is 30.3 Å². The minimum absolute atomic E-state index is 0.136. The molecule has 1 saturated heterocycles. The molecule has 1 amide bonds. The van der Waals surface area contributed by atoms with Crippen molar-refractivity contribution >= 4 is 11.6 Å². The van der Waals surface area contributed by atoms with Gasteiger partial charge in [-0.3, -0.25) is 4.79 Å². The van der Waals surface area contributed by atoms with Gasteiger partial charge in [0.25, 0.3) is 5.91 Å². The second-order valence-corrected chi connectivity index (χ2v) is 6.70. The molecule has 1 atom stereocenters. The monoisotopic (exact) mass is 342 g/mol. The Kier molecular flexibility index (Phi) is 5.34. The normalized spacial score (nSPS) is 16.5. The number of halogens is 1. The van der Waals surface area contributed by atoms with Gasteiger partial charge in [-0.05, 0) is 24.3 Å². The summed E-state index contributed by atoms with van der Waals surface area (Å²) >= 11 is 0. The van der Waals surface area contributed by atoms with Crippen LogP contribution in [-0.2, 0) is 4.79 Å². The molecule has 25 heavy (non-hydrogen) atoms. The van der Waals surface area contributed by atoms with Crippen LogP contribution in [0.1, 0.15) is 11.6 Å². The number of hydrogen-bond donors (Lipinski definition) is 1.